The van der Waals surface area contributed by atoms with Gasteiger partial charge in [0.25, 0.3) is 5.91 Å². The van der Waals surface area contributed by atoms with Crippen LogP contribution in [0.3, 0.4) is 0 Å². The summed E-state index contributed by atoms with van der Waals surface area (Å²) in [6.07, 6.45) is 0.465. The summed E-state index contributed by atoms with van der Waals surface area (Å²) in [6, 6.07) is 11.4. The molecule has 0 saturated carbocycles. The highest BCUT2D eigenvalue weighted by atomic mass is 32.2. The van der Waals surface area contributed by atoms with Crippen molar-refractivity contribution in [1.29, 1.82) is 0 Å². The molecule has 0 aromatic heterocycles. The van der Waals surface area contributed by atoms with Gasteiger partial charge < -0.3 is 10.2 Å². The van der Waals surface area contributed by atoms with Crippen LogP contribution >= 0.6 is 11.8 Å². The Morgan fingerprint density at radius 3 is 2.75 bits per heavy atom. The summed E-state index contributed by atoms with van der Waals surface area (Å²) in [5.74, 6) is 0.249. The van der Waals surface area contributed by atoms with Crippen molar-refractivity contribution in [2.24, 2.45) is 0 Å². The maximum absolute atomic E-state index is 13.0. The van der Waals surface area contributed by atoms with Crippen LogP contribution in [0.4, 0.5) is 10.1 Å². The molecule has 124 valence electrons. The van der Waals surface area contributed by atoms with E-state index >= 15 is 0 Å². The molecule has 0 spiro atoms. The van der Waals surface area contributed by atoms with Crippen molar-refractivity contribution in [2.45, 2.75) is 17.9 Å². The van der Waals surface area contributed by atoms with E-state index in [9.17, 15) is 14.0 Å². The van der Waals surface area contributed by atoms with E-state index in [1.54, 1.807) is 48.0 Å². The second-order valence-electron chi connectivity index (χ2n) is 5.65. The lowest BCUT2D eigenvalue weighted by molar-refractivity contribution is -0.115. The summed E-state index contributed by atoms with van der Waals surface area (Å²) in [5.41, 5.74) is 2.05. The number of carbonyl (C=O) groups excluding carboxylic acids is 2. The van der Waals surface area contributed by atoms with Crippen molar-refractivity contribution in [2.75, 3.05) is 18.1 Å². The highest BCUT2D eigenvalue weighted by Crippen LogP contribution is 2.31. The van der Waals surface area contributed by atoms with E-state index in [2.05, 4.69) is 5.32 Å². The van der Waals surface area contributed by atoms with Gasteiger partial charge in [0.1, 0.15) is 5.82 Å². The van der Waals surface area contributed by atoms with Gasteiger partial charge in [0.2, 0.25) is 5.91 Å². The third-order valence-corrected chi connectivity index (χ3v) is 4.84. The third-order valence-electron chi connectivity index (χ3n) is 3.77. The molecule has 0 radical (unpaired) electrons. The van der Waals surface area contributed by atoms with Gasteiger partial charge in [-0.25, -0.2) is 4.39 Å². The van der Waals surface area contributed by atoms with Crippen LogP contribution in [0.15, 0.2) is 47.4 Å². The summed E-state index contributed by atoms with van der Waals surface area (Å²) in [6.45, 7) is 0.386. The highest BCUT2D eigenvalue weighted by molar-refractivity contribution is 7.99. The van der Waals surface area contributed by atoms with Crippen LogP contribution in [0, 0.1) is 5.82 Å². The maximum Gasteiger partial charge on any atom is 0.253 e. The van der Waals surface area contributed by atoms with Crippen LogP contribution in [-0.2, 0) is 11.3 Å². The lowest BCUT2D eigenvalue weighted by Gasteiger charge is -2.18. The number of halogens is 1. The average Bonchev–Trinajstić information content (AvgIpc) is 2.76. The number of amides is 2. The molecule has 0 fully saturated rings. The molecule has 0 atom stereocenters. The number of fused-ring (bicyclic) bond motifs is 1. The van der Waals surface area contributed by atoms with Crippen LogP contribution < -0.4 is 5.32 Å². The van der Waals surface area contributed by atoms with E-state index in [1.165, 1.54) is 12.1 Å². The Morgan fingerprint density at radius 1 is 1.25 bits per heavy atom. The number of rotatable bonds is 3. The van der Waals surface area contributed by atoms with Crippen LogP contribution in [0.25, 0.3) is 0 Å². The van der Waals surface area contributed by atoms with Crippen molar-refractivity contribution in [3.8, 4) is 0 Å². The first kappa shape index (κ1) is 16.5. The fourth-order valence-corrected chi connectivity index (χ4v) is 3.45. The topological polar surface area (TPSA) is 49.4 Å². The summed E-state index contributed by atoms with van der Waals surface area (Å²) in [5, 5.41) is 2.84. The average molecular weight is 344 g/mol. The first-order valence-electron chi connectivity index (χ1n) is 7.59. The predicted octanol–water partition coefficient (Wildman–Crippen LogP) is 3.53. The van der Waals surface area contributed by atoms with Crippen molar-refractivity contribution in [3.05, 3.63) is 59.4 Å². The summed E-state index contributed by atoms with van der Waals surface area (Å²) in [4.78, 5) is 26.8. The zero-order valence-electron chi connectivity index (χ0n) is 13.2. The van der Waals surface area contributed by atoms with Gasteiger partial charge in [-0.05, 0) is 35.9 Å². The minimum Gasteiger partial charge on any atom is -0.337 e. The molecule has 1 heterocycles. The summed E-state index contributed by atoms with van der Waals surface area (Å²) in [7, 11) is 1.70. The summed E-state index contributed by atoms with van der Waals surface area (Å²) >= 11 is 1.60. The molecular weight excluding hydrogens is 327 g/mol. The zero-order chi connectivity index (χ0) is 17.1. The van der Waals surface area contributed by atoms with Gasteiger partial charge in [0.05, 0.1) is 5.69 Å². The van der Waals surface area contributed by atoms with Crippen LogP contribution in [0.5, 0.6) is 0 Å². The molecule has 0 unspecified atom stereocenters. The third kappa shape index (κ3) is 3.76. The molecule has 0 bridgehead atoms. The van der Waals surface area contributed by atoms with Crippen LogP contribution in [0.1, 0.15) is 22.3 Å². The van der Waals surface area contributed by atoms with Gasteiger partial charge in [-0.3, -0.25) is 9.59 Å². The zero-order valence-corrected chi connectivity index (χ0v) is 14.0. The Hall–Kier alpha value is -2.34. The molecule has 1 N–H and O–H groups in total. The Morgan fingerprint density at radius 2 is 2.00 bits per heavy atom. The maximum atomic E-state index is 13.0. The molecule has 0 saturated heterocycles. The number of carbonyl (C=O) groups is 2. The molecule has 0 aliphatic carbocycles. The number of hydrogen-bond donors (Lipinski definition) is 1. The molecular formula is C18H17FN2O2S. The molecule has 1 aliphatic heterocycles. The molecule has 2 amide bonds. The normalized spacial score (nSPS) is 13.7. The molecule has 3 rings (SSSR count). The van der Waals surface area contributed by atoms with Gasteiger partial charge in [-0.15, -0.1) is 11.8 Å². The van der Waals surface area contributed by atoms with Gasteiger partial charge in [-0.2, -0.15) is 0 Å². The molecule has 24 heavy (non-hydrogen) atoms. The predicted molar refractivity (Wildman–Crippen MR) is 92.6 cm³/mol. The number of thioether (sulfide) groups is 1. The minimum atomic E-state index is -0.299. The van der Waals surface area contributed by atoms with E-state index in [-0.39, 0.29) is 17.6 Å². The lowest BCUT2D eigenvalue weighted by atomic mass is 10.1. The second kappa shape index (κ2) is 7.05. The Labute approximate surface area is 144 Å². The SMILES string of the molecule is CN(Cc1ccc(F)cc1)C(=O)c1ccc2c(c1)NC(=O)CCS2. The first-order chi connectivity index (χ1) is 11.5. The van der Waals surface area contributed by atoms with E-state index in [1.807, 2.05) is 6.07 Å². The smallest absolute Gasteiger partial charge is 0.253 e. The molecule has 6 heteroatoms. The Bertz CT molecular complexity index is 777. The monoisotopic (exact) mass is 344 g/mol. The van der Waals surface area contributed by atoms with E-state index in [4.69, 9.17) is 0 Å². The molecule has 2 aromatic rings. The first-order valence-corrected chi connectivity index (χ1v) is 8.58. The van der Waals surface area contributed by atoms with E-state index in [0.29, 0.717) is 24.2 Å². The van der Waals surface area contributed by atoms with Gasteiger partial charge in [0.15, 0.2) is 0 Å². The number of nitrogens with zero attached hydrogens (tertiary/aromatic N) is 1. The number of hydrogen-bond acceptors (Lipinski definition) is 3. The minimum absolute atomic E-state index is 0.0366. The Kier molecular flexibility index (Phi) is 4.85. The Balaban J connectivity index is 1.76. The van der Waals surface area contributed by atoms with E-state index in [0.717, 1.165) is 16.2 Å². The molecule has 2 aromatic carbocycles. The van der Waals surface area contributed by atoms with Crippen molar-refractivity contribution in [3.63, 3.8) is 0 Å². The van der Waals surface area contributed by atoms with Crippen LogP contribution in [-0.4, -0.2) is 29.5 Å². The van der Waals surface area contributed by atoms with Gasteiger partial charge in [-0.1, -0.05) is 12.1 Å². The lowest BCUT2D eigenvalue weighted by Crippen LogP contribution is -2.26. The number of nitrogens with one attached hydrogen (secondary N) is 1. The number of benzene rings is 2. The summed E-state index contributed by atoms with van der Waals surface area (Å²) < 4.78 is 13.0. The van der Waals surface area contributed by atoms with E-state index < -0.39 is 0 Å². The second-order valence-corrected chi connectivity index (χ2v) is 6.78. The standard InChI is InChI=1S/C18H17FN2O2S/c1-21(11-12-2-5-14(19)6-3-12)18(23)13-4-7-16-15(10-13)20-17(22)8-9-24-16/h2-7,10H,8-9,11H2,1H3,(H,20,22). The van der Waals surface area contributed by atoms with Crippen molar-refractivity contribution in [1.82, 2.24) is 4.90 Å². The fourth-order valence-electron chi connectivity index (χ4n) is 2.51. The quantitative estimate of drug-likeness (QED) is 0.927. The van der Waals surface area contributed by atoms with Crippen molar-refractivity contribution < 1.29 is 14.0 Å². The van der Waals surface area contributed by atoms with Crippen LogP contribution in [0.2, 0.25) is 0 Å². The molecule has 1 aliphatic rings. The number of anilines is 1. The van der Waals surface area contributed by atoms with Gasteiger partial charge in [0, 0.05) is 36.2 Å². The largest absolute Gasteiger partial charge is 0.337 e. The van der Waals surface area contributed by atoms with Gasteiger partial charge >= 0.3 is 0 Å². The molecule has 4 nitrogen and oxygen atoms in total. The van der Waals surface area contributed by atoms with Crippen molar-refractivity contribution >= 4 is 29.3 Å². The highest BCUT2D eigenvalue weighted by Gasteiger charge is 2.17. The fraction of sp³-hybridized carbons (Fsp3) is 0.222.